The number of hydrogen-bond acceptors (Lipinski definition) is 7. The third-order valence-corrected chi connectivity index (χ3v) is 8.23. The van der Waals surface area contributed by atoms with Crippen molar-refractivity contribution in [2.75, 3.05) is 40.4 Å². The second-order valence-corrected chi connectivity index (χ2v) is 12.7. The van der Waals surface area contributed by atoms with Crippen molar-refractivity contribution < 1.29 is 53.0 Å². The number of unbranched alkanes of at least 4 members (excludes halogenated alkanes) is 20. The summed E-state index contributed by atoms with van der Waals surface area (Å²) in [6.07, 6.45) is 36.4. The van der Waals surface area contributed by atoms with E-state index in [-0.39, 0.29) is 48.3 Å². The summed E-state index contributed by atoms with van der Waals surface area (Å²) < 4.78 is 9.25. The second-order valence-electron chi connectivity index (χ2n) is 12.7. The Labute approximate surface area is 329 Å². The molecule has 0 heterocycles. The Morgan fingerprint density at radius 2 is 0.692 bits per heavy atom. The normalized spacial score (nSPS) is 10.4. The molecule has 0 saturated carbocycles. The molecule has 0 radical (unpaired) electrons. The summed E-state index contributed by atoms with van der Waals surface area (Å²) >= 11 is 0. The molecule has 0 fully saturated rings. The summed E-state index contributed by atoms with van der Waals surface area (Å²) in [5.74, 6) is -0.179. The molecule has 5 N–H and O–H groups in total. The zero-order valence-electron chi connectivity index (χ0n) is 34.0. The maximum Gasteiger partial charge on any atom is 1.00 e. The fourth-order valence-corrected chi connectivity index (χ4v) is 5.25. The van der Waals surface area contributed by atoms with E-state index in [1.54, 1.807) is 0 Å². The van der Waals surface area contributed by atoms with E-state index in [9.17, 15) is 19.2 Å². The summed E-state index contributed by atoms with van der Waals surface area (Å²) in [7, 11) is 2.90. The molecule has 0 unspecified atom stereocenters. The molecule has 11 nitrogen and oxygen atoms in total. The minimum Gasteiger partial charge on any atom is -0.870 e. The minimum atomic E-state index is -0.101. The number of methoxy groups -OCH3 is 2. The van der Waals surface area contributed by atoms with Crippen LogP contribution in [0.5, 0.6) is 0 Å². The van der Waals surface area contributed by atoms with Gasteiger partial charge in [-0.2, -0.15) is 0 Å². The first kappa shape index (κ1) is 56.3. The van der Waals surface area contributed by atoms with Crippen molar-refractivity contribution in [1.82, 2.24) is 21.3 Å². The van der Waals surface area contributed by atoms with Gasteiger partial charge in [-0.3, -0.25) is 9.59 Å². The third-order valence-electron chi connectivity index (χ3n) is 8.23. The van der Waals surface area contributed by atoms with Crippen LogP contribution in [0.2, 0.25) is 0 Å². The summed E-state index contributed by atoms with van der Waals surface area (Å²) in [5, 5.41) is 11.0. The van der Waals surface area contributed by atoms with Crippen LogP contribution in [-0.2, 0) is 19.1 Å². The van der Waals surface area contributed by atoms with Gasteiger partial charge in [0.25, 0.3) is 0 Å². The summed E-state index contributed by atoms with van der Waals surface area (Å²) in [4.78, 5) is 44.2. The van der Waals surface area contributed by atoms with Gasteiger partial charge >= 0.3 is 42.9 Å². The second kappa shape index (κ2) is 48.5. The van der Waals surface area contributed by atoms with Gasteiger partial charge < -0.3 is 36.2 Å². The van der Waals surface area contributed by atoms with E-state index in [2.05, 4.69) is 42.9 Å². The van der Waals surface area contributed by atoms with Crippen molar-refractivity contribution in [3.05, 3.63) is 24.3 Å². The fourth-order valence-electron chi connectivity index (χ4n) is 5.25. The van der Waals surface area contributed by atoms with Gasteiger partial charge in [0.1, 0.15) is 0 Å². The number of esters is 2. The van der Waals surface area contributed by atoms with Crippen LogP contribution in [0.25, 0.3) is 0 Å². The number of carbonyl (C=O) groups excluding carboxylic acids is 4. The largest absolute Gasteiger partial charge is 1.00 e. The maximum absolute atomic E-state index is 11.1. The smallest absolute Gasteiger partial charge is 0.870 e. The molecule has 0 bridgehead atoms. The molecule has 0 rings (SSSR count). The van der Waals surface area contributed by atoms with E-state index >= 15 is 0 Å². The molecule has 300 valence electrons. The summed E-state index contributed by atoms with van der Waals surface area (Å²) in [6.45, 7) is 6.33. The molecule has 0 aromatic rings. The molecule has 0 spiro atoms. The van der Waals surface area contributed by atoms with E-state index in [4.69, 9.17) is 0 Å². The summed E-state index contributed by atoms with van der Waals surface area (Å²) in [6, 6.07) is -0.203. The Kier molecular flexibility index (Phi) is 52.5. The van der Waals surface area contributed by atoms with Crippen molar-refractivity contribution in [2.45, 2.75) is 168 Å². The molecular weight excluding hydrogens is 655 g/mol. The topological polar surface area (TPSA) is 165 Å². The molecular formula is C40H77LiN4O7. The van der Waals surface area contributed by atoms with Gasteiger partial charge in [-0.25, -0.2) is 9.59 Å². The molecule has 0 saturated heterocycles. The molecule has 12 heteroatoms. The SMILES string of the molecule is CCNC(=O)NC/C=C\CCCCCCCCCCCCC(=O)OC.CCNC(=O)NC/C=C\CCCCCCCCCCCCC(=O)OC.[Li+].[OH-]. The first-order valence-corrected chi connectivity index (χ1v) is 19.9. The van der Waals surface area contributed by atoms with E-state index in [0.717, 1.165) is 38.5 Å². The van der Waals surface area contributed by atoms with Crippen molar-refractivity contribution >= 4 is 24.0 Å². The molecule has 0 aliphatic carbocycles. The van der Waals surface area contributed by atoms with Crippen molar-refractivity contribution in [2.24, 2.45) is 0 Å². The van der Waals surface area contributed by atoms with Gasteiger partial charge in [-0.15, -0.1) is 0 Å². The summed E-state index contributed by atoms with van der Waals surface area (Å²) in [5.41, 5.74) is 0. The molecule has 0 aromatic heterocycles. The number of hydrogen-bond donors (Lipinski definition) is 4. The van der Waals surface area contributed by atoms with Gasteiger partial charge in [0.15, 0.2) is 0 Å². The van der Waals surface area contributed by atoms with Crippen molar-refractivity contribution in [1.29, 1.82) is 0 Å². The van der Waals surface area contributed by atoms with Crippen LogP contribution < -0.4 is 40.1 Å². The molecule has 0 aliphatic rings. The average molecular weight is 733 g/mol. The monoisotopic (exact) mass is 733 g/mol. The van der Waals surface area contributed by atoms with Crippen LogP contribution in [0.15, 0.2) is 24.3 Å². The predicted octanol–water partition coefficient (Wildman–Crippen LogP) is 6.26. The number of nitrogens with one attached hydrogen (secondary N) is 4. The van der Waals surface area contributed by atoms with Crippen LogP contribution in [0.3, 0.4) is 0 Å². The standard InChI is InChI=1S/2C20H38N2O3.Li.H2O/c2*1-3-21-20(24)22-18-16-14-12-10-8-6-4-5-7-9-11-13-15-17-19(23)25-2;;/h2*14,16H,3-13,15,17-18H2,1-2H3,(H2,21,22,24);;1H2/q;;+1;/p-1/b2*16-14-;;. The van der Waals surface area contributed by atoms with Gasteiger partial charge in [0.05, 0.1) is 14.2 Å². The number of urea groups is 2. The Bertz CT molecular complexity index is 792. The Hall–Kier alpha value is -2.48. The maximum atomic E-state index is 11.1. The van der Waals surface area contributed by atoms with Gasteiger partial charge in [-0.1, -0.05) is 127 Å². The average Bonchev–Trinajstić information content (AvgIpc) is 3.11. The van der Waals surface area contributed by atoms with E-state index in [0.29, 0.717) is 39.0 Å². The Morgan fingerprint density at radius 1 is 0.423 bits per heavy atom. The first-order chi connectivity index (χ1) is 24.4. The van der Waals surface area contributed by atoms with Crippen LogP contribution in [-0.4, -0.2) is 69.9 Å². The van der Waals surface area contributed by atoms with Crippen LogP contribution in [0, 0.1) is 0 Å². The van der Waals surface area contributed by atoms with Gasteiger partial charge in [-0.05, 0) is 52.4 Å². The predicted molar refractivity (Wildman–Crippen MR) is 209 cm³/mol. The van der Waals surface area contributed by atoms with Crippen molar-refractivity contribution in [3.8, 4) is 0 Å². The molecule has 0 atom stereocenters. The zero-order chi connectivity index (χ0) is 37.2. The van der Waals surface area contributed by atoms with E-state index in [1.807, 2.05) is 26.0 Å². The molecule has 0 aliphatic heterocycles. The number of rotatable bonds is 32. The number of carbonyl (C=O) groups is 4. The van der Waals surface area contributed by atoms with Crippen molar-refractivity contribution in [3.63, 3.8) is 0 Å². The number of allylic oxidation sites excluding steroid dienone is 2. The van der Waals surface area contributed by atoms with E-state index in [1.165, 1.54) is 117 Å². The number of amides is 4. The van der Waals surface area contributed by atoms with E-state index < -0.39 is 0 Å². The Morgan fingerprint density at radius 3 is 0.962 bits per heavy atom. The first-order valence-electron chi connectivity index (χ1n) is 19.9. The molecule has 0 aromatic carbocycles. The van der Waals surface area contributed by atoms with Crippen LogP contribution in [0.1, 0.15) is 168 Å². The van der Waals surface area contributed by atoms with Gasteiger partial charge in [0, 0.05) is 39.0 Å². The fraction of sp³-hybridized carbons (Fsp3) is 0.800. The zero-order valence-corrected chi connectivity index (χ0v) is 34.0. The van der Waals surface area contributed by atoms with Crippen LogP contribution in [0.4, 0.5) is 9.59 Å². The van der Waals surface area contributed by atoms with Gasteiger partial charge in [0.2, 0.25) is 0 Å². The minimum absolute atomic E-state index is 0. The third kappa shape index (κ3) is 49.6. The molecule has 52 heavy (non-hydrogen) atoms. The quantitative estimate of drug-likeness (QED) is 0.0274. The molecule has 4 amide bonds. The number of ether oxygens (including phenoxy) is 2. The van der Waals surface area contributed by atoms with Crippen LogP contribution >= 0.6 is 0 Å². The Balaban J connectivity index is -0.000000427.